The Labute approximate surface area is 112 Å². The van der Waals surface area contributed by atoms with Crippen LogP contribution in [-0.4, -0.2) is 35.9 Å². The molecule has 0 atom stereocenters. The van der Waals surface area contributed by atoms with Crippen LogP contribution < -0.4 is 0 Å². The van der Waals surface area contributed by atoms with Crippen LogP contribution in [0.2, 0.25) is 0 Å². The molecule has 8 heteroatoms. The topological polar surface area (TPSA) is 85.8 Å². The largest absolute Gasteiger partial charge is 0.476 e. The summed E-state index contributed by atoms with van der Waals surface area (Å²) >= 11 is 3.47. The Morgan fingerprint density at radius 3 is 2.83 bits per heavy atom. The second-order valence-corrected chi connectivity index (χ2v) is 4.56. The monoisotopic (exact) mass is 313 g/mol. The molecule has 1 N–H and O–H groups in total. The number of carboxylic acid groups (broad SMARTS) is 1. The molecule has 0 unspecified atom stereocenters. The van der Waals surface area contributed by atoms with Crippen molar-refractivity contribution in [1.82, 2.24) is 24.8 Å². The molecule has 2 aromatic rings. The van der Waals surface area contributed by atoms with Crippen LogP contribution in [0.5, 0.6) is 0 Å². The fraction of sp³-hybridized carbons (Fsp3) is 0.400. The first-order valence-electron chi connectivity index (χ1n) is 5.38. The number of carboxylic acids is 1. The smallest absolute Gasteiger partial charge is 0.358 e. The minimum atomic E-state index is -1.08. The molecule has 2 rings (SSSR count). The van der Waals surface area contributed by atoms with Crippen LogP contribution in [-0.2, 0) is 13.1 Å². The van der Waals surface area contributed by atoms with Gasteiger partial charge in [0.15, 0.2) is 5.69 Å². The quantitative estimate of drug-likeness (QED) is 0.919. The van der Waals surface area contributed by atoms with E-state index in [4.69, 9.17) is 5.11 Å². The summed E-state index contributed by atoms with van der Waals surface area (Å²) in [6, 6.07) is 0. The van der Waals surface area contributed by atoms with Crippen LogP contribution in [0, 0.1) is 6.92 Å². The van der Waals surface area contributed by atoms with Gasteiger partial charge in [-0.15, -0.1) is 5.10 Å². The Hall–Kier alpha value is -1.70. The summed E-state index contributed by atoms with van der Waals surface area (Å²) in [5, 5.41) is 20.5. The molecule has 0 aliphatic rings. The molecule has 0 bridgehead atoms. The van der Waals surface area contributed by atoms with Gasteiger partial charge >= 0.3 is 5.97 Å². The lowest BCUT2D eigenvalue weighted by Crippen LogP contribution is -2.09. The summed E-state index contributed by atoms with van der Waals surface area (Å²) < 4.78 is 4.25. The number of aromatic carboxylic acids is 1. The highest BCUT2D eigenvalue weighted by atomic mass is 79.9. The molecule has 18 heavy (non-hydrogen) atoms. The van der Waals surface area contributed by atoms with Crippen LogP contribution in [0.3, 0.4) is 0 Å². The highest BCUT2D eigenvalue weighted by Gasteiger charge is 2.14. The van der Waals surface area contributed by atoms with Gasteiger partial charge < -0.3 is 5.11 Å². The van der Waals surface area contributed by atoms with Crippen molar-refractivity contribution in [2.45, 2.75) is 26.9 Å². The van der Waals surface area contributed by atoms with E-state index in [1.165, 1.54) is 10.9 Å². The number of hydrogen-bond acceptors (Lipinski definition) is 4. The molecule has 0 saturated heterocycles. The Bertz CT molecular complexity index is 589. The van der Waals surface area contributed by atoms with Gasteiger partial charge in [-0.1, -0.05) is 5.21 Å². The summed E-state index contributed by atoms with van der Waals surface area (Å²) in [5.74, 6) is -1.08. The minimum Gasteiger partial charge on any atom is -0.476 e. The normalized spacial score (nSPS) is 10.8. The lowest BCUT2D eigenvalue weighted by molar-refractivity contribution is 0.0690. The number of aromatic nitrogens is 5. The predicted octanol–water partition coefficient (Wildman–Crippen LogP) is 1.31. The first-order valence-corrected chi connectivity index (χ1v) is 6.17. The standard InChI is InChI=1S/C10H12BrN5O2/c1-3-16-8(9(11)6(2)13-16)5-15-4-7(10(17)18)12-14-15/h4H,3,5H2,1-2H3,(H,17,18). The van der Waals surface area contributed by atoms with E-state index in [1.54, 1.807) is 0 Å². The van der Waals surface area contributed by atoms with Gasteiger partial charge in [0, 0.05) is 6.54 Å². The Kier molecular flexibility index (Phi) is 3.46. The fourth-order valence-corrected chi connectivity index (χ4v) is 2.06. The molecule has 0 aromatic carbocycles. The Morgan fingerprint density at radius 1 is 1.56 bits per heavy atom. The molecule has 0 fully saturated rings. The zero-order valence-corrected chi connectivity index (χ0v) is 11.5. The predicted molar refractivity (Wildman–Crippen MR) is 66.4 cm³/mol. The van der Waals surface area contributed by atoms with Gasteiger partial charge in [-0.05, 0) is 29.8 Å². The molecule has 96 valence electrons. The van der Waals surface area contributed by atoms with Gasteiger partial charge in [0.25, 0.3) is 0 Å². The zero-order valence-electron chi connectivity index (χ0n) is 9.96. The van der Waals surface area contributed by atoms with Crippen molar-refractivity contribution in [2.75, 3.05) is 0 Å². The number of nitrogens with zero attached hydrogens (tertiary/aromatic N) is 5. The average Bonchev–Trinajstić information content (AvgIpc) is 2.89. The van der Waals surface area contributed by atoms with Crippen molar-refractivity contribution < 1.29 is 9.90 Å². The van der Waals surface area contributed by atoms with Gasteiger partial charge in [0.2, 0.25) is 0 Å². The maximum atomic E-state index is 10.7. The lowest BCUT2D eigenvalue weighted by atomic mass is 10.3. The molecule has 0 spiro atoms. The Balaban J connectivity index is 2.30. The third-order valence-electron chi connectivity index (χ3n) is 2.52. The maximum Gasteiger partial charge on any atom is 0.358 e. The van der Waals surface area contributed by atoms with Crippen LogP contribution in [0.1, 0.15) is 28.8 Å². The Morgan fingerprint density at radius 2 is 2.28 bits per heavy atom. The number of carbonyl (C=O) groups is 1. The minimum absolute atomic E-state index is 0.0644. The summed E-state index contributed by atoms with van der Waals surface area (Å²) in [5.41, 5.74) is 1.77. The molecule has 2 aromatic heterocycles. The van der Waals surface area contributed by atoms with Crippen molar-refractivity contribution in [1.29, 1.82) is 0 Å². The van der Waals surface area contributed by atoms with Crippen LogP contribution in [0.4, 0.5) is 0 Å². The second kappa shape index (κ2) is 4.89. The van der Waals surface area contributed by atoms with Crippen LogP contribution in [0.25, 0.3) is 0 Å². The van der Waals surface area contributed by atoms with Crippen molar-refractivity contribution in [3.8, 4) is 0 Å². The SMILES string of the molecule is CCn1nc(C)c(Br)c1Cn1cc(C(=O)O)nn1. The van der Waals surface area contributed by atoms with Crippen molar-refractivity contribution in [2.24, 2.45) is 0 Å². The van der Waals surface area contributed by atoms with Gasteiger partial charge in [0.1, 0.15) is 0 Å². The highest BCUT2D eigenvalue weighted by molar-refractivity contribution is 9.10. The maximum absolute atomic E-state index is 10.7. The molecule has 2 heterocycles. The number of hydrogen-bond donors (Lipinski definition) is 1. The molecule has 0 amide bonds. The van der Waals surface area contributed by atoms with E-state index in [0.29, 0.717) is 6.54 Å². The molecular weight excluding hydrogens is 302 g/mol. The van der Waals surface area contributed by atoms with Crippen molar-refractivity contribution >= 4 is 21.9 Å². The van der Waals surface area contributed by atoms with Gasteiger partial charge in [0.05, 0.1) is 28.6 Å². The zero-order chi connectivity index (χ0) is 13.3. The summed E-state index contributed by atoms with van der Waals surface area (Å²) in [6.45, 7) is 5.06. The molecule has 0 aliphatic carbocycles. The first kappa shape index (κ1) is 12.7. The summed E-state index contributed by atoms with van der Waals surface area (Å²) in [6.07, 6.45) is 1.40. The number of halogens is 1. The molecule has 0 aliphatic heterocycles. The average molecular weight is 314 g/mol. The van der Waals surface area contributed by atoms with E-state index in [-0.39, 0.29) is 5.69 Å². The van der Waals surface area contributed by atoms with Crippen molar-refractivity contribution in [3.63, 3.8) is 0 Å². The van der Waals surface area contributed by atoms with Gasteiger partial charge in [-0.25, -0.2) is 9.48 Å². The summed E-state index contributed by atoms with van der Waals surface area (Å²) in [4.78, 5) is 10.7. The number of rotatable bonds is 4. The lowest BCUT2D eigenvalue weighted by Gasteiger charge is -2.04. The van der Waals surface area contributed by atoms with Gasteiger partial charge in [-0.2, -0.15) is 5.10 Å². The molecular formula is C10H12BrN5O2. The third kappa shape index (κ3) is 2.28. The number of aryl methyl sites for hydroxylation is 2. The van der Waals surface area contributed by atoms with E-state index < -0.39 is 5.97 Å². The van der Waals surface area contributed by atoms with E-state index in [0.717, 1.165) is 22.4 Å². The van der Waals surface area contributed by atoms with E-state index in [9.17, 15) is 4.79 Å². The summed E-state index contributed by atoms with van der Waals surface area (Å²) in [7, 11) is 0. The van der Waals surface area contributed by atoms with Crippen molar-refractivity contribution in [3.05, 3.63) is 27.8 Å². The van der Waals surface area contributed by atoms with E-state index in [2.05, 4.69) is 31.3 Å². The second-order valence-electron chi connectivity index (χ2n) is 3.77. The molecule has 0 saturated carbocycles. The first-order chi connectivity index (χ1) is 8.52. The fourth-order valence-electron chi connectivity index (χ4n) is 1.65. The highest BCUT2D eigenvalue weighted by Crippen LogP contribution is 2.21. The van der Waals surface area contributed by atoms with Crippen LogP contribution in [0.15, 0.2) is 10.7 Å². The van der Waals surface area contributed by atoms with E-state index in [1.807, 2.05) is 18.5 Å². The van der Waals surface area contributed by atoms with Gasteiger partial charge in [-0.3, -0.25) is 4.68 Å². The van der Waals surface area contributed by atoms with Crippen LogP contribution >= 0.6 is 15.9 Å². The third-order valence-corrected chi connectivity index (χ3v) is 3.55. The molecule has 0 radical (unpaired) electrons. The van der Waals surface area contributed by atoms with E-state index >= 15 is 0 Å². The molecule has 7 nitrogen and oxygen atoms in total.